The van der Waals surface area contributed by atoms with Gasteiger partial charge in [-0.1, -0.05) is 0 Å². The first kappa shape index (κ1) is 13.7. The van der Waals surface area contributed by atoms with E-state index in [4.69, 9.17) is 4.42 Å². The van der Waals surface area contributed by atoms with Gasteiger partial charge < -0.3 is 14.6 Å². The number of rotatable bonds is 3. The molecule has 1 aliphatic heterocycles. The van der Waals surface area contributed by atoms with Crippen molar-refractivity contribution in [1.82, 2.24) is 9.78 Å². The minimum absolute atomic E-state index is 0.228. The maximum atomic E-state index is 12.4. The smallest absolute Gasteiger partial charge is 0.291 e. The van der Waals surface area contributed by atoms with Gasteiger partial charge in [-0.2, -0.15) is 5.10 Å². The standard InChI is InChI=1S/C15H20N4O2/c1-10-6-9-21-13(10)15(20)16-12-11(2)18(3)17-14(12)19-7-4-5-8-19/h6,9H,4-5,7-8H2,1-3H3,(H,16,20). The largest absolute Gasteiger partial charge is 0.459 e. The number of furan rings is 1. The first-order valence-electron chi connectivity index (χ1n) is 7.22. The molecule has 1 N–H and O–H groups in total. The maximum absolute atomic E-state index is 12.4. The average Bonchev–Trinajstić information content (AvgIpc) is 3.16. The second-order valence-electron chi connectivity index (χ2n) is 5.49. The molecule has 0 unspecified atom stereocenters. The van der Waals surface area contributed by atoms with Gasteiger partial charge in [0.25, 0.3) is 5.91 Å². The van der Waals surface area contributed by atoms with Crippen molar-refractivity contribution in [2.75, 3.05) is 23.3 Å². The molecule has 2 aromatic rings. The average molecular weight is 288 g/mol. The molecule has 2 aromatic heterocycles. The van der Waals surface area contributed by atoms with Gasteiger partial charge in [0.2, 0.25) is 0 Å². The number of carbonyl (C=O) groups excluding carboxylic acids is 1. The highest BCUT2D eigenvalue weighted by Crippen LogP contribution is 2.31. The quantitative estimate of drug-likeness (QED) is 0.942. The number of aryl methyl sites for hydroxylation is 2. The number of anilines is 2. The molecule has 6 nitrogen and oxygen atoms in total. The molecule has 1 amide bonds. The summed E-state index contributed by atoms with van der Waals surface area (Å²) < 4.78 is 7.06. The van der Waals surface area contributed by atoms with Crippen LogP contribution in [0.4, 0.5) is 11.5 Å². The Morgan fingerprint density at radius 1 is 1.33 bits per heavy atom. The Bertz CT molecular complexity index is 665. The first-order valence-corrected chi connectivity index (χ1v) is 7.22. The van der Waals surface area contributed by atoms with E-state index in [2.05, 4.69) is 15.3 Å². The summed E-state index contributed by atoms with van der Waals surface area (Å²) in [6.07, 6.45) is 3.86. The molecule has 0 saturated carbocycles. The van der Waals surface area contributed by atoms with Crippen molar-refractivity contribution in [2.45, 2.75) is 26.7 Å². The van der Waals surface area contributed by atoms with E-state index in [9.17, 15) is 4.79 Å². The third-order valence-electron chi connectivity index (χ3n) is 4.03. The molecule has 112 valence electrons. The second kappa shape index (κ2) is 5.27. The molecule has 1 fully saturated rings. The molecule has 21 heavy (non-hydrogen) atoms. The Morgan fingerprint density at radius 3 is 2.67 bits per heavy atom. The molecule has 0 bridgehead atoms. The molecule has 3 rings (SSSR count). The molecular formula is C15H20N4O2. The molecular weight excluding hydrogens is 268 g/mol. The Labute approximate surface area is 123 Å². The summed E-state index contributed by atoms with van der Waals surface area (Å²) in [7, 11) is 1.89. The van der Waals surface area contributed by atoms with Gasteiger partial charge in [0.05, 0.1) is 12.0 Å². The molecule has 0 aromatic carbocycles. The first-order chi connectivity index (χ1) is 10.1. The lowest BCUT2D eigenvalue weighted by molar-refractivity contribution is 0.0996. The van der Waals surface area contributed by atoms with Crippen LogP contribution >= 0.6 is 0 Å². The summed E-state index contributed by atoms with van der Waals surface area (Å²) in [4.78, 5) is 14.6. The van der Waals surface area contributed by atoms with Crippen LogP contribution in [0, 0.1) is 13.8 Å². The van der Waals surface area contributed by atoms with Crippen molar-refractivity contribution in [3.05, 3.63) is 29.3 Å². The molecule has 1 aliphatic rings. The van der Waals surface area contributed by atoms with E-state index in [-0.39, 0.29) is 5.91 Å². The van der Waals surface area contributed by atoms with Gasteiger partial charge in [-0.3, -0.25) is 9.48 Å². The number of hydrogen-bond acceptors (Lipinski definition) is 4. The third-order valence-corrected chi connectivity index (χ3v) is 4.03. The van der Waals surface area contributed by atoms with Crippen molar-refractivity contribution in [1.29, 1.82) is 0 Å². The van der Waals surface area contributed by atoms with Crippen molar-refractivity contribution in [3.63, 3.8) is 0 Å². The van der Waals surface area contributed by atoms with Gasteiger partial charge in [0.1, 0.15) is 5.69 Å². The number of hydrogen-bond donors (Lipinski definition) is 1. The molecule has 0 atom stereocenters. The Balaban J connectivity index is 1.91. The highest BCUT2D eigenvalue weighted by Gasteiger charge is 2.24. The van der Waals surface area contributed by atoms with Crippen LogP contribution < -0.4 is 10.2 Å². The van der Waals surface area contributed by atoms with Gasteiger partial charge in [-0.15, -0.1) is 0 Å². The monoisotopic (exact) mass is 288 g/mol. The van der Waals surface area contributed by atoms with Crippen molar-refractivity contribution >= 4 is 17.4 Å². The topological polar surface area (TPSA) is 63.3 Å². The fourth-order valence-electron chi connectivity index (χ4n) is 2.66. The number of amides is 1. The molecule has 1 saturated heterocycles. The molecule has 6 heteroatoms. The van der Waals surface area contributed by atoms with Crippen molar-refractivity contribution < 1.29 is 9.21 Å². The van der Waals surface area contributed by atoms with Gasteiger partial charge >= 0.3 is 0 Å². The zero-order valence-corrected chi connectivity index (χ0v) is 12.6. The third kappa shape index (κ3) is 2.41. The highest BCUT2D eigenvalue weighted by molar-refractivity contribution is 6.05. The SMILES string of the molecule is Cc1ccoc1C(=O)Nc1c(N2CCCC2)nn(C)c1C. The van der Waals surface area contributed by atoms with E-state index in [0.29, 0.717) is 5.76 Å². The Kier molecular flexibility index (Phi) is 3.45. The summed E-state index contributed by atoms with van der Waals surface area (Å²) in [6, 6.07) is 1.78. The van der Waals surface area contributed by atoms with E-state index in [0.717, 1.165) is 35.9 Å². The highest BCUT2D eigenvalue weighted by atomic mass is 16.3. The predicted octanol–water partition coefficient (Wildman–Crippen LogP) is 2.48. The van der Waals surface area contributed by atoms with Crippen LogP contribution in [0.2, 0.25) is 0 Å². The molecule has 0 spiro atoms. The van der Waals surface area contributed by atoms with E-state index < -0.39 is 0 Å². The van der Waals surface area contributed by atoms with Crippen LogP contribution in [0.25, 0.3) is 0 Å². The van der Waals surface area contributed by atoms with E-state index in [1.807, 2.05) is 20.9 Å². The van der Waals surface area contributed by atoms with Crippen LogP contribution in [0.15, 0.2) is 16.7 Å². The lowest BCUT2D eigenvalue weighted by Crippen LogP contribution is -2.21. The maximum Gasteiger partial charge on any atom is 0.291 e. The number of nitrogens with zero attached hydrogens (tertiary/aromatic N) is 3. The summed E-state index contributed by atoms with van der Waals surface area (Å²) >= 11 is 0. The van der Waals surface area contributed by atoms with Crippen LogP contribution in [-0.4, -0.2) is 28.8 Å². The van der Waals surface area contributed by atoms with Gasteiger partial charge in [0.15, 0.2) is 11.6 Å². The summed E-state index contributed by atoms with van der Waals surface area (Å²) in [5.74, 6) is 0.977. The normalized spacial score (nSPS) is 14.7. The number of aromatic nitrogens is 2. The van der Waals surface area contributed by atoms with E-state index in [1.165, 1.54) is 19.1 Å². The Hall–Kier alpha value is -2.24. The lowest BCUT2D eigenvalue weighted by atomic mass is 10.2. The van der Waals surface area contributed by atoms with E-state index >= 15 is 0 Å². The lowest BCUT2D eigenvalue weighted by Gasteiger charge is -2.16. The summed E-state index contributed by atoms with van der Waals surface area (Å²) in [5.41, 5.74) is 2.55. The fourth-order valence-corrected chi connectivity index (χ4v) is 2.66. The zero-order chi connectivity index (χ0) is 15.0. The van der Waals surface area contributed by atoms with Crippen LogP contribution in [0.1, 0.15) is 34.7 Å². The minimum Gasteiger partial charge on any atom is -0.459 e. The number of nitrogens with one attached hydrogen (secondary N) is 1. The second-order valence-corrected chi connectivity index (χ2v) is 5.49. The zero-order valence-electron chi connectivity index (χ0n) is 12.6. The van der Waals surface area contributed by atoms with E-state index in [1.54, 1.807) is 10.7 Å². The summed E-state index contributed by atoms with van der Waals surface area (Å²) in [6.45, 7) is 5.78. The predicted molar refractivity (Wildman–Crippen MR) is 80.8 cm³/mol. The number of carbonyl (C=O) groups is 1. The van der Waals surface area contributed by atoms with Crippen LogP contribution in [0.5, 0.6) is 0 Å². The minimum atomic E-state index is -0.228. The summed E-state index contributed by atoms with van der Waals surface area (Å²) in [5, 5.41) is 7.51. The van der Waals surface area contributed by atoms with Gasteiger partial charge in [0, 0.05) is 25.7 Å². The van der Waals surface area contributed by atoms with Gasteiger partial charge in [-0.25, -0.2) is 0 Å². The van der Waals surface area contributed by atoms with Crippen molar-refractivity contribution in [2.24, 2.45) is 7.05 Å². The molecule has 0 aliphatic carbocycles. The molecule has 3 heterocycles. The van der Waals surface area contributed by atoms with Crippen LogP contribution in [0.3, 0.4) is 0 Å². The Morgan fingerprint density at radius 2 is 2.05 bits per heavy atom. The van der Waals surface area contributed by atoms with Crippen LogP contribution in [-0.2, 0) is 7.05 Å². The fraction of sp³-hybridized carbons (Fsp3) is 0.467. The van der Waals surface area contributed by atoms with Crippen molar-refractivity contribution in [3.8, 4) is 0 Å². The molecule has 0 radical (unpaired) electrons. The van der Waals surface area contributed by atoms with Gasteiger partial charge in [-0.05, 0) is 32.8 Å².